The van der Waals surface area contributed by atoms with Gasteiger partial charge in [-0.2, -0.15) is 0 Å². The van der Waals surface area contributed by atoms with Crippen molar-refractivity contribution in [2.45, 2.75) is 25.3 Å². The summed E-state index contributed by atoms with van der Waals surface area (Å²) in [5, 5.41) is 3.39. The number of hydrogen-bond acceptors (Lipinski definition) is 5. The lowest BCUT2D eigenvalue weighted by atomic mass is 10.1. The molecule has 26 heavy (non-hydrogen) atoms. The molecule has 2 heterocycles. The number of benzene rings is 1. The molecule has 2 saturated heterocycles. The fraction of sp³-hybridized carbons (Fsp3) is 0.632. The van der Waals surface area contributed by atoms with Gasteiger partial charge in [0, 0.05) is 51.7 Å². The van der Waals surface area contributed by atoms with Crippen molar-refractivity contribution in [3.63, 3.8) is 0 Å². The number of likely N-dealkylation sites (tertiary alicyclic amines) is 1. The summed E-state index contributed by atoms with van der Waals surface area (Å²) in [6.07, 6.45) is 2.37. The van der Waals surface area contributed by atoms with E-state index < -0.39 is 0 Å². The van der Waals surface area contributed by atoms with E-state index in [-0.39, 0.29) is 18.3 Å². The lowest BCUT2D eigenvalue weighted by molar-refractivity contribution is -0.130. The first-order valence-electron chi connectivity index (χ1n) is 9.14. The van der Waals surface area contributed by atoms with Crippen LogP contribution in [0.2, 0.25) is 0 Å². The molecule has 2 fully saturated rings. The molecule has 0 spiro atoms. The maximum atomic E-state index is 12.6. The quantitative estimate of drug-likeness (QED) is 0.808. The van der Waals surface area contributed by atoms with Gasteiger partial charge in [0.05, 0.1) is 14.2 Å². The van der Waals surface area contributed by atoms with Gasteiger partial charge in [-0.3, -0.25) is 9.69 Å². The maximum Gasteiger partial charge on any atom is 0.222 e. The summed E-state index contributed by atoms with van der Waals surface area (Å²) in [5.41, 5.74) is 1.10. The third-order valence-corrected chi connectivity index (χ3v) is 5.26. The highest BCUT2D eigenvalue weighted by Gasteiger charge is 2.30. The molecule has 7 heteroatoms. The first-order valence-corrected chi connectivity index (χ1v) is 9.14. The number of halogens is 1. The average Bonchev–Trinajstić information content (AvgIpc) is 3.17. The molecule has 2 aliphatic heterocycles. The zero-order valence-electron chi connectivity index (χ0n) is 15.7. The Bertz CT molecular complexity index is 593. The minimum atomic E-state index is 0. The van der Waals surface area contributed by atoms with Crippen LogP contribution in [0.1, 0.15) is 18.4 Å². The number of nitrogens with one attached hydrogen (secondary N) is 1. The summed E-state index contributed by atoms with van der Waals surface area (Å²) in [4.78, 5) is 17.1. The van der Waals surface area contributed by atoms with Crippen molar-refractivity contribution in [2.24, 2.45) is 0 Å². The minimum Gasteiger partial charge on any atom is -0.493 e. The summed E-state index contributed by atoms with van der Waals surface area (Å²) < 4.78 is 10.6. The van der Waals surface area contributed by atoms with Gasteiger partial charge in [-0.25, -0.2) is 0 Å². The van der Waals surface area contributed by atoms with E-state index in [9.17, 15) is 4.79 Å². The van der Waals surface area contributed by atoms with Crippen LogP contribution in [0.25, 0.3) is 0 Å². The summed E-state index contributed by atoms with van der Waals surface area (Å²) in [7, 11) is 3.26. The Morgan fingerprint density at radius 3 is 2.58 bits per heavy atom. The zero-order valence-corrected chi connectivity index (χ0v) is 16.5. The van der Waals surface area contributed by atoms with Gasteiger partial charge in [0.15, 0.2) is 11.5 Å². The van der Waals surface area contributed by atoms with E-state index in [1.165, 1.54) is 0 Å². The molecule has 1 atom stereocenters. The van der Waals surface area contributed by atoms with Crippen molar-refractivity contribution < 1.29 is 14.3 Å². The minimum absolute atomic E-state index is 0. The summed E-state index contributed by atoms with van der Waals surface area (Å²) in [6.45, 7) is 6.08. The smallest absolute Gasteiger partial charge is 0.222 e. The number of aryl methyl sites for hydroxylation is 1. The van der Waals surface area contributed by atoms with Crippen LogP contribution in [0.3, 0.4) is 0 Å². The molecule has 1 N–H and O–H groups in total. The Labute approximate surface area is 162 Å². The predicted molar refractivity (Wildman–Crippen MR) is 105 cm³/mol. The highest BCUT2D eigenvalue weighted by Crippen LogP contribution is 2.28. The topological polar surface area (TPSA) is 54.0 Å². The molecule has 0 bridgehead atoms. The summed E-state index contributed by atoms with van der Waals surface area (Å²) in [5.74, 6) is 1.69. The fourth-order valence-electron chi connectivity index (χ4n) is 3.76. The van der Waals surface area contributed by atoms with E-state index in [0.29, 0.717) is 18.2 Å². The SMILES string of the molecule is COc1ccc(CCC(=O)N2CCC(N3CCNCC3)C2)cc1OC.Cl. The Morgan fingerprint density at radius 1 is 1.15 bits per heavy atom. The number of nitrogens with zero attached hydrogens (tertiary/aromatic N) is 2. The molecule has 3 rings (SSSR count). The van der Waals surface area contributed by atoms with Crippen molar-refractivity contribution in [1.29, 1.82) is 0 Å². The standard InChI is InChI=1S/C19H29N3O3.ClH/c1-24-17-5-3-15(13-18(17)25-2)4-6-19(23)22-10-7-16(14-22)21-11-8-20-9-12-21;/h3,5,13,16,20H,4,6-12,14H2,1-2H3;1H. The van der Waals surface area contributed by atoms with E-state index >= 15 is 0 Å². The molecule has 1 unspecified atom stereocenters. The van der Waals surface area contributed by atoms with E-state index in [2.05, 4.69) is 10.2 Å². The number of carbonyl (C=O) groups excluding carboxylic acids is 1. The molecular weight excluding hydrogens is 354 g/mol. The molecule has 6 nitrogen and oxygen atoms in total. The monoisotopic (exact) mass is 383 g/mol. The van der Waals surface area contributed by atoms with Crippen LogP contribution < -0.4 is 14.8 Å². The van der Waals surface area contributed by atoms with Crippen molar-refractivity contribution in [3.05, 3.63) is 23.8 Å². The van der Waals surface area contributed by atoms with E-state index in [1.54, 1.807) is 14.2 Å². The lowest BCUT2D eigenvalue weighted by Gasteiger charge is -2.32. The highest BCUT2D eigenvalue weighted by atomic mass is 35.5. The van der Waals surface area contributed by atoms with Crippen LogP contribution in [0.4, 0.5) is 0 Å². The fourth-order valence-corrected chi connectivity index (χ4v) is 3.76. The van der Waals surface area contributed by atoms with Crippen LogP contribution in [0.5, 0.6) is 11.5 Å². The van der Waals surface area contributed by atoms with Gasteiger partial charge in [0.25, 0.3) is 0 Å². The number of methoxy groups -OCH3 is 2. The van der Waals surface area contributed by atoms with E-state index in [0.717, 1.165) is 63.4 Å². The summed E-state index contributed by atoms with van der Waals surface area (Å²) >= 11 is 0. The number of amides is 1. The second-order valence-electron chi connectivity index (χ2n) is 6.76. The number of hydrogen-bond donors (Lipinski definition) is 1. The molecule has 1 amide bonds. The van der Waals surface area contributed by atoms with Crippen LogP contribution in [-0.4, -0.2) is 75.2 Å². The van der Waals surface area contributed by atoms with E-state index in [1.807, 2.05) is 23.1 Å². The number of rotatable bonds is 6. The Hall–Kier alpha value is -1.50. The van der Waals surface area contributed by atoms with Gasteiger partial charge >= 0.3 is 0 Å². The van der Waals surface area contributed by atoms with Gasteiger partial charge in [-0.15, -0.1) is 12.4 Å². The first kappa shape index (κ1) is 20.8. The molecule has 0 saturated carbocycles. The van der Waals surface area contributed by atoms with Crippen LogP contribution in [-0.2, 0) is 11.2 Å². The molecule has 1 aromatic rings. The molecular formula is C19H30ClN3O3. The van der Waals surface area contributed by atoms with Crippen molar-refractivity contribution in [2.75, 3.05) is 53.5 Å². The van der Waals surface area contributed by atoms with Gasteiger partial charge < -0.3 is 19.7 Å². The van der Waals surface area contributed by atoms with Gasteiger partial charge in [-0.1, -0.05) is 6.07 Å². The predicted octanol–water partition coefficient (Wildman–Crippen LogP) is 1.56. The lowest BCUT2D eigenvalue weighted by Crippen LogP contribution is -2.49. The van der Waals surface area contributed by atoms with Crippen molar-refractivity contribution in [3.8, 4) is 11.5 Å². The Morgan fingerprint density at radius 2 is 1.88 bits per heavy atom. The normalized spacial score (nSPS) is 20.5. The Kier molecular flexibility index (Phi) is 8.00. The number of piperazine rings is 1. The first-order chi connectivity index (χ1) is 12.2. The van der Waals surface area contributed by atoms with Crippen molar-refractivity contribution >= 4 is 18.3 Å². The molecule has 1 aromatic carbocycles. The van der Waals surface area contributed by atoms with Crippen LogP contribution >= 0.6 is 12.4 Å². The third kappa shape index (κ3) is 5.02. The third-order valence-electron chi connectivity index (χ3n) is 5.26. The molecule has 0 radical (unpaired) electrons. The van der Waals surface area contributed by atoms with Gasteiger partial charge in [0.2, 0.25) is 5.91 Å². The molecule has 146 valence electrons. The maximum absolute atomic E-state index is 12.6. The second kappa shape index (κ2) is 10.00. The van der Waals surface area contributed by atoms with Crippen LogP contribution in [0.15, 0.2) is 18.2 Å². The Balaban J connectivity index is 0.00000243. The summed E-state index contributed by atoms with van der Waals surface area (Å²) in [6, 6.07) is 6.39. The van der Waals surface area contributed by atoms with Crippen LogP contribution in [0, 0.1) is 0 Å². The number of ether oxygens (including phenoxy) is 2. The highest BCUT2D eigenvalue weighted by molar-refractivity contribution is 5.85. The number of carbonyl (C=O) groups is 1. The molecule has 0 aliphatic carbocycles. The van der Waals surface area contributed by atoms with Gasteiger partial charge in [0.1, 0.15) is 0 Å². The van der Waals surface area contributed by atoms with E-state index in [4.69, 9.17) is 9.47 Å². The van der Waals surface area contributed by atoms with Gasteiger partial charge in [-0.05, 0) is 30.5 Å². The largest absolute Gasteiger partial charge is 0.493 e. The second-order valence-corrected chi connectivity index (χ2v) is 6.76. The molecule has 0 aromatic heterocycles. The van der Waals surface area contributed by atoms with Crippen molar-refractivity contribution in [1.82, 2.24) is 15.1 Å². The zero-order chi connectivity index (χ0) is 17.6. The molecule has 2 aliphatic rings. The average molecular weight is 384 g/mol.